The Morgan fingerprint density at radius 3 is 2.67 bits per heavy atom. The fourth-order valence-corrected chi connectivity index (χ4v) is 1.43. The molecule has 2 atom stereocenters. The molecule has 72 valence electrons. The first-order valence-corrected chi connectivity index (χ1v) is 5.46. The molecule has 0 spiro atoms. The number of rotatable bonds is 6. The summed E-state index contributed by atoms with van der Waals surface area (Å²) in [5.74, 6) is 0.262. The maximum absolute atomic E-state index is 10.4. The second-order valence-corrected chi connectivity index (χ2v) is 3.96. The topological polar surface area (TPSA) is 63.3 Å². The summed E-state index contributed by atoms with van der Waals surface area (Å²) < 4.78 is 0. The predicted molar refractivity (Wildman–Crippen MR) is 52.4 cm³/mol. The van der Waals surface area contributed by atoms with Crippen molar-refractivity contribution in [3.63, 3.8) is 0 Å². The largest absolute Gasteiger partial charge is 0.480 e. The molecular formula is C8H17NO2S. The smallest absolute Gasteiger partial charge is 0.320 e. The van der Waals surface area contributed by atoms with Crippen LogP contribution in [0.4, 0.5) is 0 Å². The average molecular weight is 191 g/mol. The van der Waals surface area contributed by atoms with E-state index in [4.69, 9.17) is 10.8 Å². The van der Waals surface area contributed by atoms with E-state index in [2.05, 4.69) is 0 Å². The van der Waals surface area contributed by atoms with Crippen molar-refractivity contribution in [2.75, 3.05) is 12.0 Å². The van der Waals surface area contributed by atoms with Gasteiger partial charge in [-0.1, -0.05) is 6.92 Å². The highest BCUT2D eigenvalue weighted by Crippen LogP contribution is 2.11. The van der Waals surface area contributed by atoms with Crippen LogP contribution in [0.2, 0.25) is 0 Å². The Hall–Kier alpha value is -0.220. The molecule has 12 heavy (non-hydrogen) atoms. The first-order chi connectivity index (χ1) is 5.59. The van der Waals surface area contributed by atoms with Gasteiger partial charge in [-0.15, -0.1) is 0 Å². The van der Waals surface area contributed by atoms with Gasteiger partial charge < -0.3 is 10.8 Å². The molecule has 0 fully saturated rings. The van der Waals surface area contributed by atoms with E-state index in [0.717, 1.165) is 18.6 Å². The van der Waals surface area contributed by atoms with Gasteiger partial charge in [0.2, 0.25) is 0 Å². The summed E-state index contributed by atoms with van der Waals surface area (Å²) in [6.45, 7) is 1.89. The Kier molecular flexibility index (Phi) is 6.20. The van der Waals surface area contributed by atoms with Crippen molar-refractivity contribution in [3.8, 4) is 0 Å². The van der Waals surface area contributed by atoms with Crippen molar-refractivity contribution in [3.05, 3.63) is 0 Å². The van der Waals surface area contributed by atoms with Gasteiger partial charge in [-0.2, -0.15) is 11.8 Å². The van der Waals surface area contributed by atoms with Gasteiger partial charge in [0.05, 0.1) is 0 Å². The zero-order valence-corrected chi connectivity index (χ0v) is 8.43. The summed E-state index contributed by atoms with van der Waals surface area (Å²) in [6, 6.07) is -0.702. The van der Waals surface area contributed by atoms with Crippen LogP contribution in [0.1, 0.15) is 19.8 Å². The Morgan fingerprint density at radius 1 is 1.67 bits per heavy atom. The third kappa shape index (κ3) is 4.62. The minimum absolute atomic E-state index is 0.0784. The fourth-order valence-electron chi connectivity index (χ4n) is 0.973. The van der Waals surface area contributed by atoms with Gasteiger partial charge in [0.1, 0.15) is 6.04 Å². The predicted octanol–water partition coefficient (Wildman–Crippen LogP) is 1.18. The molecule has 0 aliphatic carbocycles. The minimum atomic E-state index is -0.897. The Labute approximate surface area is 77.7 Å². The van der Waals surface area contributed by atoms with E-state index < -0.39 is 12.0 Å². The van der Waals surface area contributed by atoms with Crippen molar-refractivity contribution in [1.29, 1.82) is 0 Å². The Balaban J connectivity index is 3.56. The second-order valence-electron chi connectivity index (χ2n) is 2.98. The standard InChI is InChI=1S/C8H17NO2S/c1-6(4-3-5-12-2)7(9)8(10)11/h6-7H,3-5,9H2,1-2H3,(H,10,11)/t6?,7-/m0/s1. The van der Waals surface area contributed by atoms with Crippen molar-refractivity contribution in [2.45, 2.75) is 25.8 Å². The normalized spacial score (nSPS) is 15.6. The van der Waals surface area contributed by atoms with Crippen LogP contribution in [0.25, 0.3) is 0 Å². The molecule has 0 saturated carbocycles. The van der Waals surface area contributed by atoms with Crippen molar-refractivity contribution < 1.29 is 9.90 Å². The van der Waals surface area contributed by atoms with Gasteiger partial charge in [0.15, 0.2) is 0 Å². The SMILES string of the molecule is CSCCCC(C)[C@H](N)C(=O)O. The van der Waals surface area contributed by atoms with Gasteiger partial charge in [-0.3, -0.25) is 4.79 Å². The summed E-state index contributed by atoms with van der Waals surface area (Å²) in [5.41, 5.74) is 5.44. The third-order valence-electron chi connectivity index (χ3n) is 1.91. The number of thioether (sulfide) groups is 1. The van der Waals surface area contributed by atoms with E-state index in [1.807, 2.05) is 13.2 Å². The zero-order chi connectivity index (χ0) is 9.56. The molecule has 3 N–H and O–H groups in total. The molecule has 0 bridgehead atoms. The molecule has 0 aromatic rings. The number of hydrogen-bond donors (Lipinski definition) is 2. The molecule has 0 saturated heterocycles. The van der Waals surface area contributed by atoms with E-state index in [0.29, 0.717) is 0 Å². The summed E-state index contributed by atoms with van der Waals surface area (Å²) in [4.78, 5) is 10.4. The van der Waals surface area contributed by atoms with Gasteiger partial charge >= 0.3 is 5.97 Å². The first kappa shape index (κ1) is 11.8. The van der Waals surface area contributed by atoms with E-state index in [1.165, 1.54) is 0 Å². The maximum atomic E-state index is 10.4. The number of carboxylic acids is 1. The van der Waals surface area contributed by atoms with Crippen molar-refractivity contribution in [1.82, 2.24) is 0 Å². The van der Waals surface area contributed by atoms with Crippen LogP contribution in [0.3, 0.4) is 0 Å². The van der Waals surface area contributed by atoms with Crippen LogP contribution in [-0.2, 0) is 4.79 Å². The minimum Gasteiger partial charge on any atom is -0.480 e. The number of carbonyl (C=O) groups is 1. The van der Waals surface area contributed by atoms with E-state index in [-0.39, 0.29) is 5.92 Å². The van der Waals surface area contributed by atoms with E-state index in [1.54, 1.807) is 11.8 Å². The number of aliphatic carboxylic acids is 1. The second kappa shape index (κ2) is 6.31. The van der Waals surface area contributed by atoms with Crippen LogP contribution < -0.4 is 5.73 Å². The molecule has 0 aromatic carbocycles. The lowest BCUT2D eigenvalue weighted by Crippen LogP contribution is -2.36. The zero-order valence-electron chi connectivity index (χ0n) is 7.62. The Bertz CT molecular complexity index is 141. The summed E-state index contributed by atoms with van der Waals surface area (Å²) in [7, 11) is 0. The van der Waals surface area contributed by atoms with E-state index in [9.17, 15) is 4.79 Å². The molecule has 0 rings (SSSR count). The first-order valence-electron chi connectivity index (χ1n) is 4.07. The average Bonchev–Trinajstić information content (AvgIpc) is 2.03. The van der Waals surface area contributed by atoms with Gasteiger partial charge in [-0.25, -0.2) is 0 Å². The number of hydrogen-bond acceptors (Lipinski definition) is 3. The van der Waals surface area contributed by atoms with Crippen LogP contribution in [0.15, 0.2) is 0 Å². The van der Waals surface area contributed by atoms with Gasteiger partial charge in [0.25, 0.3) is 0 Å². The molecule has 0 aliphatic rings. The molecule has 4 heteroatoms. The summed E-state index contributed by atoms with van der Waals surface area (Å²) in [5, 5.41) is 8.58. The van der Waals surface area contributed by atoms with Crippen molar-refractivity contribution in [2.24, 2.45) is 11.7 Å². The monoisotopic (exact) mass is 191 g/mol. The van der Waals surface area contributed by atoms with Crippen LogP contribution in [0.5, 0.6) is 0 Å². The molecule has 0 aromatic heterocycles. The molecule has 0 aliphatic heterocycles. The van der Waals surface area contributed by atoms with Crippen molar-refractivity contribution >= 4 is 17.7 Å². The van der Waals surface area contributed by atoms with E-state index >= 15 is 0 Å². The van der Waals surface area contributed by atoms with Crippen LogP contribution in [-0.4, -0.2) is 29.1 Å². The lowest BCUT2D eigenvalue weighted by molar-refractivity contribution is -0.139. The lowest BCUT2D eigenvalue weighted by Gasteiger charge is -2.14. The van der Waals surface area contributed by atoms with Gasteiger partial charge in [0, 0.05) is 0 Å². The third-order valence-corrected chi connectivity index (χ3v) is 2.60. The number of nitrogens with two attached hydrogens (primary N) is 1. The highest BCUT2D eigenvalue weighted by Gasteiger charge is 2.18. The quantitative estimate of drug-likeness (QED) is 0.619. The molecule has 0 heterocycles. The highest BCUT2D eigenvalue weighted by atomic mass is 32.2. The summed E-state index contributed by atoms with van der Waals surface area (Å²) >= 11 is 1.78. The van der Waals surface area contributed by atoms with Crippen LogP contribution in [0, 0.1) is 5.92 Å². The lowest BCUT2D eigenvalue weighted by atomic mass is 9.98. The molecule has 3 nitrogen and oxygen atoms in total. The Morgan fingerprint density at radius 2 is 2.25 bits per heavy atom. The maximum Gasteiger partial charge on any atom is 0.320 e. The molecule has 1 unspecified atom stereocenters. The van der Waals surface area contributed by atoms with Gasteiger partial charge in [-0.05, 0) is 30.8 Å². The summed E-state index contributed by atoms with van der Waals surface area (Å²) in [6.07, 6.45) is 3.99. The number of carboxylic acid groups (broad SMARTS) is 1. The molecule has 0 amide bonds. The highest BCUT2D eigenvalue weighted by molar-refractivity contribution is 7.98. The molecule has 0 radical (unpaired) electrons. The molecular weight excluding hydrogens is 174 g/mol. The van der Waals surface area contributed by atoms with Crippen LogP contribution >= 0.6 is 11.8 Å². The fraction of sp³-hybridized carbons (Fsp3) is 0.875.